The van der Waals surface area contributed by atoms with E-state index >= 15 is 0 Å². The molecule has 8 heteroatoms. The number of nitrogens with one attached hydrogen (secondary N) is 1. The van der Waals surface area contributed by atoms with E-state index in [1.165, 1.54) is 0 Å². The van der Waals surface area contributed by atoms with Crippen molar-refractivity contribution in [1.82, 2.24) is 15.1 Å². The predicted octanol–water partition coefficient (Wildman–Crippen LogP) is 4.50. The van der Waals surface area contributed by atoms with Crippen LogP contribution in [0.2, 0.25) is 0 Å². The molecule has 0 aliphatic carbocycles. The molecule has 4 aromatic rings. The van der Waals surface area contributed by atoms with Crippen LogP contribution in [0.4, 0.5) is 5.69 Å². The number of nitrogens with zero attached hydrogens (tertiary/aromatic N) is 3. The Hall–Kier alpha value is -4.33. The van der Waals surface area contributed by atoms with Crippen molar-refractivity contribution in [3.8, 4) is 17.2 Å². The highest BCUT2D eigenvalue weighted by Crippen LogP contribution is 2.36. The molecule has 0 fully saturated rings. The Bertz CT molecular complexity index is 1420. The van der Waals surface area contributed by atoms with E-state index in [-0.39, 0.29) is 18.4 Å². The Balaban J connectivity index is 1.53. The number of carbonyl (C=O) groups excluding carboxylic acids is 2. The summed E-state index contributed by atoms with van der Waals surface area (Å²) in [6, 6.07) is 18.7. The normalized spacial score (nSPS) is 17.1. The maximum atomic E-state index is 14.0. The summed E-state index contributed by atoms with van der Waals surface area (Å²) in [5.74, 6) is 0.749. The average Bonchev–Trinajstić information content (AvgIpc) is 3.55. The fourth-order valence-corrected chi connectivity index (χ4v) is 4.58. The number of furan rings is 1. The fraction of sp³-hybridized carbons (Fsp3) is 0.250. The second-order valence-electron chi connectivity index (χ2n) is 9.28. The lowest BCUT2D eigenvalue weighted by atomic mass is 9.92. The van der Waals surface area contributed by atoms with E-state index in [2.05, 4.69) is 10.4 Å². The van der Waals surface area contributed by atoms with E-state index in [1.807, 2.05) is 56.3 Å². The minimum absolute atomic E-state index is 0.191. The van der Waals surface area contributed by atoms with E-state index in [4.69, 9.17) is 9.15 Å². The lowest BCUT2D eigenvalue weighted by molar-refractivity contribution is -0.126. The summed E-state index contributed by atoms with van der Waals surface area (Å²) < 4.78 is 12.3. The molecule has 2 aromatic carbocycles. The number of hydrogen-bond donors (Lipinski definition) is 1. The minimum atomic E-state index is -1.22. The summed E-state index contributed by atoms with van der Waals surface area (Å²) in [6.07, 6.45) is 1.56. The number of amides is 2. The molecular weight excluding hydrogens is 456 g/mol. The lowest BCUT2D eigenvalue weighted by Gasteiger charge is -2.43. The van der Waals surface area contributed by atoms with E-state index in [0.717, 1.165) is 22.4 Å². The van der Waals surface area contributed by atoms with Crippen molar-refractivity contribution in [1.29, 1.82) is 0 Å². The molecule has 2 aromatic heterocycles. The van der Waals surface area contributed by atoms with Gasteiger partial charge in [0, 0.05) is 18.3 Å². The summed E-state index contributed by atoms with van der Waals surface area (Å²) in [4.78, 5) is 29.4. The van der Waals surface area contributed by atoms with Gasteiger partial charge in [0.25, 0.3) is 5.91 Å². The van der Waals surface area contributed by atoms with Gasteiger partial charge >= 0.3 is 0 Å². The summed E-state index contributed by atoms with van der Waals surface area (Å²) in [5, 5.41) is 7.64. The van der Waals surface area contributed by atoms with Crippen LogP contribution in [-0.4, -0.2) is 34.2 Å². The van der Waals surface area contributed by atoms with Gasteiger partial charge in [0.05, 0.1) is 19.9 Å². The number of fused-ring (bicyclic) bond motifs is 1. The van der Waals surface area contributed by atoms with Crippen molar-refractivity contribution in [2.45, 2.75) is 39.4 Å². The van der Waals surface area contributed by atoms with E-state index in [9.17, 15) is 9.59 Å². The van der Waals surface area contributed by atoms with Crippen molar-refractivity contribution in [2.75, 3.05) is 12.0 Å². The molecule has 1 aliphatic rings. The molecule has 0 unspecified atom stereocenters. The Morgan fingerprint density at radius 3 is 2.61 bits per heavy atom. The molecule has 0 saturated carbocycles. The van der Waals surface area contributed by atoms with E-state index in [0.29, 0.717) is 29.4 Å². The van der Waals surface area contributed by atoms with Crippen molar-refractivity contribution in [3.63, 3.8) is 0 Å². The van der Waals surface area contributed by atoms with Gasteiger partial charge in [0.1, 0.15) is 22.7 Å². The molecule has 1 aliphatic heterocycles. The molecule has 0 bridgehead atoms. The van der Waals surface area contributed by atoms with Crippen molar-refractivity contribution in [3.05, 3.63) is 89.3 Å². The van der Waals surface area contributed by atoms with Crippen molar-refractivity contribution in [2.24, 2.45) is 0 Å². The van der Waals surface area contributed by atoms with E-state index < -0.39 is 5.54 Å². The highest BCUT2D eigenvalue weighted by atomic mass is 16.5. The number of methoxy groups -OCH3 is 1. The molecule has 8 nitrogen and oxygen atoms in total. The summed E-state index contributed by atoms with van der Waals surface area (Å²) in [6.45, 7) is 6.20. The summed E-state index contributed by atoms with van der Waals surface area (Å²) in [7, 11) is 1.61. The number of rotatable bonds is 6. The number of hydrogen-bond acceptors (Lipinski definition) is 5. The summed E-state index contributed by atoms with van der Waals surface area (Å²) >= 11 is 0. The van der Waals surface area contributed by atoms with Crippen LogP contribution in [0.15, 0.2) is 71.3 Å². The predicted molar refractivity (Wildman–Crippen MR) is 136 cm³/mol. The number of anilines is 1. The third-order valence-corrected chi connectivity index (χ3v) is 6.63. The zero-order valence-electron chi connectivity index (χ0n) is 20.7. The van der Waals surface area contributed by atoms with Crippen LogP contribution in [0.1, 0.15) is 34.1 Å². The topological polar surface area (TPSA) is 89.6 Å². The standard InChI is InChI=1S/C28H28N4O4/c1-18-7-8-19(2)23(14-18)32-26(33)24-15-22(25-6-5-13-36-25)30-31(24)17-28(32,3)27(34)29-16-20-9-11-21(35-4)12-10-20/h5-15H,16-17H2,1-4H3,(H,29,34)/t28-/m1/s1. The number of aromatic nitrogens is 2. The maximum absolute atomic E-state index is 14.0. The highest BCUT2D eigenvalue weighted by molar-refractivity contribution is 6.12. The van der Waals surface area contributed by atoms with Crippen LogP contribution in [0.5, 0.6) is 5.75 Å². The lowest BCUT2D eigenvalue weighted by Crippen LogP contribution is -2.64. The second-order valence-corrected chi connectivity index (χ2v) is 9.28. The zero-order chi connectivity index (χ0) is 25.4. The first-order chi connectivity index (χ1) is 17.3. The molecule has 2 amide bonds. The maximum Gasteiger partial charge on any atom is 0.277 e. The second kappa shape index (κ2) is 9.03. The Morgan fingerprint density at radius 1 is 1.14 bits per heavy atom. The Morgan fingerprint density at radius 2 is 1.92 bits per heavy atom. The van der Waals surface area contributed by atoms with Gasteiger partial charge in [-0.15, -0.1) is 0 Å². The van der Waals surface area contributed by atoms with Crippen LogP contribution < -0.4 is 15.0 Å². The number of aryl methyl sites for hydroxylation is 2. The van der Waals surface area contributed by atoms with Crippen molar-refractivity contribution >= 4 is 17.5 Å². The molecule has 0 radical (unpaired) electrons. The smallest absolute Gasteiger partial charge is 0.277 e. The molecular formula is C28H28N4O4. The first-order valence-corrected chi connectivity index (χ1v) is 11.7. The van der Waals surface area contributed by atoms with Crippen LogP contribution in [0.3, 0.4) is 0 Å². The molecule has 1 N–H and O–H groups in total. The summed E-state index contributed by atoms with van der Waals surface area (Å²) in [5.41, 5.74) is 3.26. The van der Waals surface area contributed by atoms with Gasteiger partial charge < -0.3 is 14.5 Å². The average molecular weight is 485 g/mol. The molecule has 0 saturated heterocycles. The third kappa shape index (κ3) is 4.04. The van der Waals surface area contributed by atoms with Gasteiger partial charge in [0.15, 0.2) is 5.76 Å². The SMILES string of the molecule is COc1ccc(CNC(=O)[C@@]2(C)Cn3nc(-c4ccco4)cc3C(=O)N2c2cc(C)ccc2C)cc1. The minimum Gasteiger partial charge on any atom is -0.497 e. The fourth-order valence-electron chi connectivity index (χ4n) is 4.58. The van der Waals surface area contributed by atoms with Gasteiger partial charge in [-0.25, -0.2) is 0 Å². The number of benzene rings is 2. The monoisotopic (exact) mass is 484 g/mol. The molecule has 3 heterocycles. The van der Waals surface area contributed by atoms with Crippen LogP contribution in [0, 0.1) is 13.8 Å². The molecule has 0 spiro atoms. The van der Waals surface area contributed by atoms with Gasteiger partial charge in [-0.2, -0.15) is 5.10 Å². The van der Waals surface area contributed by atoms with Crippen LogP contribution >= 0.6 is 0 Å². The molecule has 1 atom stereocenters. The third-order valence-electron chi connectivity index (χ3n) is 6.63. The first-order valence-electron chi connectivity index (χ1n) is 11.7. The quantitative estimate of drug-likeness (QED) is 0.435. The molecule has 184 valence electrons. The van der Waals surface area contributed by atoms with Crippen LogP contribution in [0.25, 0.3) is 11.5 Å². The van der Waals surface area contributed by atoms with Gasteiger partial charge in [-0.3, -0.25) is 19.2 Å². The van der Waals surface area contributed by atoms with Gasteiger partial charge in [-0.05, 0) is 67.8 Å². The largest absolute Gasteiger partial charge is 0.497 e. The Labute approximate surface area is 209 Å². The first kappa shape index (κ1) is 23.4. The highest BCUT2D eigenvalue weighted by Gasteiger charge is 2.49. The van der Waals surface area contributed by atoms with Crippen LogP contribution in [-0.2, 0) is 17.9 Å². The van der Waals surface area contributed by atoms with Gasteiger partial charge in [0.2, 0.25) is 5.91 Å². The molecule has 5 rings (SSSR count). The number of ether oxygens (including phenoxy) is 1. The van der Waals surface area contributed by atoms with Gasteiger partial charge in [-0.1, -0.05) is 24.3 Å². The van der Waals surface area contributed by atoms with E-state index in [1.54, 1.807) is 48.1 Å². The zero-order valence-corrected chi connectivity index (χ0v) is 20.7. The number of carbonyl (C=O) groups is 2. The Kier molecular flexibility index (Phi) is 5.88. The molecule has 36 heavy (non-hydrogen) atoms. The van der Waals surface area contributed by atoms with Crippen molar-refractivity contribution < 1.29 is 18.7 Å².